The van der Waals surface area contributed by atoms with E-state index in [-0.39, 0.29) is 0 Å². The minimum Gasteiger partial charge on any atom is -0.269 e. The van der Waals surface area contributed by atoms with Crippen LogP contribution in [-0.2, 0) is 0 Å². The van der Waals surface area contributed by atoms with Crippen molar-refractivity contribution in [3.05, 3.63) is 11.8 Å². The first kappa shape index (κ1) is 8.98. The summed E-state index contributed by atoms with van der Waals surface area (Å²) >= 11 is 0. The lowest BCUT2D eigenvalue weighted by molar-refractivity contribution is 0.196. The topological polar surface area (TPSA) is 12.4 Å². The maximum atomic E-state index is 4.15. The first-order valence-corrected chi connectivity index (χ1v) is 5.29. The van der Waals surface area contributed by atoms with Crippen molar-refractivity contribution < 1.29 is 0 Å². The van der Waals surface area contributed by atoms with Crippen molar-refractivity contribution >= 4 is 6.21 Å². The van der Waals surface area contributed by atoms with E-state index in [0.717, 1.165) is 17.3 Å². The molecule has 0 heterocycles. The molecule has 0 N–H and O–H groups in total. The van der Waals surface area contributed by atoms with Gasteiger partial charge in [-0.15, -0.1) is 0 Å². The second-order valence-electron chi connectivity index (χ2n) is 5.02. The van der Waals surface area contributed by atoms with Gasteiger partial charge in [0.1, 0.15) is 0 Å². The Morgan fingerprint density at radius 3 is 2.77 bits per heavy atom. The van der Waals surface area contributed by atoms with Gasteiger partial charge in [-0.2, -0.15) is 0 Å². The van der Waals surface area contributed by atoms with E-state index in [9.17, 15) is 0 Å². The van der Waals surface area contributed by atoms with Gasteiger partial charge in [0.25, 0.3) is 0 Å². The van der Waals surface area contributed by atoms with Crippen LogP contribution in [0.1, 0.15) is 40.0 Å². The molecule has 0 aromatic heterocycles. The van der Waals surface area contributed by atoms with Gasteiger partial charge in [0.2, 0.25) is 0 Å². The van der Waals surface area contributed by atoms with Crippen molar-refractivity contribution in [3.63, 3.8) is 0 Å². The summed E-state index contributed by atoms with van der Waals surface area (Å²) in [4.78, 5) is 4.15. The van der Waals surface area contributed by atoms with Crippen molar-refractivity contribution in [1.29, 1.82) is 0 Å². The summed E-state index contributed by atoms with van der Waals surface area (Å²) in [5.74, 6) is 2.04. The van der Waals surface area contributed by atoms with Crippen molar-refractivity contribution in [1.82, 2.24) is 0 Å². The van der Waals surface area contributed by atoms with E-state index in [4.69, 9.17) is 0 Å². The van der Waals surface area contributed by atoms with Gasteiger partial charge in [0.05, 0.1) is 0 Å². The lowest BCUT2D eigenvalue weighted by Gasteiger charge is -2.32. The first-order chi connectivity index (χ1) is 6.15. The Morgan fingerprint density at radius 2 is 2.31 bits per heavy atom. The molecule has 2 rings (SSSR count). The Hall–Kier alpha value is -0.590. The van der Waals surface area contributed by atoms with Crippen LogP contribution >= 0.6 is 0 Å². The summed E-state index contributed by atoms with van der Waals surface area (Å²) in [7, 11) is 0. The summed E-state index contributed by atoms with van der Waals surface area (Å²) < 4.78 is 0. The number of rotatable bonds is 3. The highest BCUT2D eigenvalue weighted by Gasteiger charge is 2.62. The van der Waals surface area contributed by atoms with Gasteiger partial charge in [-0.3, -0.25) is 4.99 Å². The van der Waals surface area contributed by atoms with Crippen molar-refractivity contribution in [2.24, 2.45) is 22.2 Å². The number of allylic oxidation sites excluding steroid dienone is 1. The fourth-order valence-corrected chi connectivity index (χ4v) is 2.88. The van der Waals surface area contributed by atoms with E-state index in [1.165, 1.54) is 24.8 Å². The molecule has 2 unspecified atom stereocenters. The van der Waals surface area contributed by atoms with E-state index >= 15 is 0 Å². The molecule has 72 valence electrons. The zero-order valence-corrected chi connectivity index (χ0v) is 8.88. The molecular formula is C12H19N. The number of hydrogen-bond donors (Lipinski definition) is 0. The lowest BCUT2D eigenvalue weighted by atomic mass is 9.73. The van der Waals surface area contributed by atoms with Crippen LogP contribution in [0.5, 0.6) is 0 Å². The van der Waals surface area contributed by atoms with E-state index in [1.54, 1.807) is 0 Å². The van der Waals surface area contributed by atoms with Gasteiger partial charge in [-0.05, 0) is 50.4 Å². The largest absolute Gasteiger partial charge is 0.269 e. The highest BCUT2D eigenvalue weighted by molar-refractivity contribution is 5.54. The molecule has 0 aromatic carbocycles. The van der Waals surface area contributed by atoms with Gasteiger partial charge in [0.15, 0.2) is 0 Å². The zero-order valence-electron chi connectivity index (χ0n) is 8.88. The molecule has 13 heavy (non-hydrogen) atoms. The van der Waals surface area contributed by atoms with Gasteiger partial charge in [-0.1, -0.05) is 12.5 Å². The molecular weight excluding hydrogens is 158 g/mol. The molecule has 0 aromatic rings. The third kappa shape index (κ3) is 1.56. The van der Waals surface area contributed by atoms with Crippen LogP contribution in [0.25, 0.3) is 0 Å². The van der Waals surface area contributed by atoms with Crippen LogP contribution in [0.3, 0.4) is 0 Å². The maximum Gasteiger partial charge on any atom is 0.0253 e. The quantitative estimate of drug-likeness (QED) is 0.586. The Bertz CT molecular complexity index is 264. The molecule has 1 heteroatoms. The van der Waals surface area contributed by atoms with Crippen LogP contribution in [0.4, 0.5) is 0 Å². The molecule has 0 amide bonds. The van der Waals surface area contributed by atoms with Crippen LogP contribution in [0, 0.1) is 17.3 Å². The van der Waals surface area contributed by atoms with Crippen LogP contribution in [0.2, 0.25) is 0 Å². The Kier molecular flexibility index (Phi) is 2.05. The molecule has 0 aliphatic heterocycles. The molecule has 1 nitrogen and oxygen atoms in total. The normalized spacial score (nSPS) is 43.2. The maximum absolute atomic E-state index is 4.15. The predicted octanol–water partition coefficient (Wildman–Crippen LogP) is 3.42. The summed E-state index contributed by atoms with van der Waals surface area (Å²) in [6, 6.07) is 0. The van der Waals surface area contributed by atoms with Gasteiger partial charge >= 0.3 is 0 Å². The predicted molar refractivity (Wildman–Crippen MR) is 56.9 cm³/mol. The molecule has 3 atom stereocenters. The number of nitrogens with zero attached hydrogens (tertiary/aromatic N) is 1. The van der Waals surface area contributed by atoms with E-state index in [1.807, 2.05) is 19.3 Å². The summed E-state index contributed by atoms with van der Waals surface area (Å²) in [5.41, 5.74) is 2.22. The molecule has 0 bridgehead atoms. The molecule has 2 fully saturated rings. The average Bonchev–Trinajstić information content (AvgIpc) is 2.63. The summed E-state index contributed by atoms with van der Waals surface area (Å²) in [6.07, 6.45) is 8.09. The fraction of sp³-hybridized carbons (Fsp3) is 0.750. The Balaban J connectivity index is 1.80. The second kappa shape index (κ2) is 2.97. The number of aliphatic imine (C=N–C) groups is 1. The smallest absolute Gasteiger partial charge is 0.0253 e. The van der Waals surface area contributed by atoms with Gasteiger partial charge < -0.3 is 0 Å². The van der Waals surface area contributed by atoms with Crippen LogP contribution in [-0.4, -0.2) is 6.21 Å². The monoisotopic (exact) mass is 177 g/mol. The SMILES string of the molecule is C/C=N/C=C(\C)CC1C[C@@]2(C)CC12. The molecule has 2 saturated carbocycles. The highest BCUT2D eigenvalue weighted by Crippen LogP contribution is 2.71. The van der Waals surface area contributed by atoms with Gasteiger partial charge in [-0.25, -0.2) is 0 Å². The summed E-state index contributed by atoms with van der Waals surface area (Å²) in [6.45, 7) is 6.59. The average molecular weight is 177 g/mol. The van der Waals surface area contributed by atoms with Crippen molar-refractivity contribution in [2.45, 2.75) is 40.0 Å². The molecule has 0 saturated heterocycles. The molecule has 2 aliphatic carbocycles. The third-order valence-electron chi connectivity index (χ3n) is 3.75. The zero-order chi connectivity index (χ0) is 9.47. The van der Waals surface area contributed by atoms with E-state index in [2.05, 4.69) is 18.8 Å². The summed E-state index contributed by atoms with van der Waals surface area (Å²) in [5, 5.41) is 0. The molecule has 2 aliphatic rings. The highest BCUT2D eigenvalue weighted by atomic mass is 14.7. The Morgan fingerprint density at radius 1 is 1.54 bits per heavy atom. The third-order valence-corrected chi connectivity index (χ3v) is 3.75. The van der Waals surface area contributed by atoms with Crippen LogP contribution < -0.4 is 0 Å². The van der Waals surface area contributed by atoms with E-state index < -0.39 is 0 Å². The Labute approximate surface area is 80.9 Å². The molecule has 0 spiro atoms. The minimum absolute atomic E-state index is 0.777. The van der Waals surface area contributed by atoms with Gasteiger partial charge in [0, 0.05) is 12.4 Å². The van der Waals surface area contributed by atoms with Crippen molar-refractivity contribution in [2.75, 3.05) is 0 Å². The number of fused-ring (bicyclic) bond motifs is 1. The number of hydrogen-bond acceptors (Lipinski definition) is 1. The van der Waals surface area contributed by atoms with Crippen molar-refractivity contribution in [3.8, 4) is 0 Å². The first-order valence-electron chi connectivity index (χ1n) is 5.29. The van der Waals surface area contributed by atoms with Crippen LogP contribution in [0.15, 0.2) is 16.8 Å². The molecule has 0 radical (unpaired) electrons. The second-order valence-corrected chi connectivity index (χ2v) is 5.02. The lowest BCUT2D eigenvalue weighted by Crippen LogP contribution is -2.23. The van der Waals surface area contributed by atoms with E-state index in [0.29, 0.717) is 0 Å². The fourth-order valence-electron chi connectivity index (χ4n) is 2.88. The minimum atomic E-state index is 0.777. The standard InChI is InChI=1S/C12H19N/c1-4-13-8-9(2)5-10-6-12(3)7-11(10)12/h4,8,10-11H,5-7H2,1-3H3/b9-8+,13-4+/t10?,11?,12-/m0/s1.